The SMILES string of the molecule is C[C@@]1(c2ccc(-c3ccccc3)cc2)OC(=O)C(O)C1=O. The molecule has 0 spiro atoms. The molecule has 1 aliphatic heterocycles. The summed E-state index contributed by atoms with van der Waals surface area (Å²) in [6.45, 7) is 1.50. The van der Waals surface area contributed by atoms with Gasteiger partial charge in [-0.05, 0) is 18.1 Å². The van der Waals surface area contributed by atoms with E-state index in [1.54, 1.807) is 12.1 Å². The van der Waals surface area contributed by atoms with Crippen molar-refractivity contribution in [2.24, 2.45) is 0 Å². The normalized spacial score (nSPS) is 25.0. The number of ether oxygens (including phenoxy) is 1. The van der Waals surface area contributed by atoms with Crippen LogP contribution in [-0.4, -0.2) is 23.0 Å². The Hall–Kier alpha value is -2.46. The van der Waals surface area contributed by atoms with Crippen LogP contribution in [0.3, 0.4) is 0 Å². The van der Waals surface area contributed by atoms with Crippen molar-refractivity contribution in [3.05, 3.63) is 60.2 Å². The summed E-state index contributed by atoms with van der Waals surface area (Å²) in [7, 11) is 0. The number of benzene rings is 2. The third-order valence-corrected chi connectivity index (χ3v) is 3.79. The first-order valence-corrected chi connectivity index (χ1v) is 6.63. The molecule has 1 aliphatic rings. The van der Waals surface area contributed by atoms with E-state index in [-0.39, 0.29) is 0 Å². The second kappa shape index (κ2) is 4.82. The summed E-state index contributed by atoms with van der Waals surface area (Å²) in [4.78, 5) is 23.4. The molecule has 21 heavy (non-hydrogen) atoms. The van der Waals surface area contributed by atoms with E-state index in [4.69, 9.17) is 4.74 Å². The number of aliphatic hydroxyl groups excluding tert-OH is 1. The van der Waals surface area contributed by atoms with Crippen LogP contribution in [0.1, 0.15) is 12.5 Å². The summed E-state index contributed by atoms with van der Waals surface area (Å²) < 4.78 is 5.07. The topological polar surface area (TPSA) is 63.6 Å². The molecule has 1 N–H and O–H groups in total. The van der Waals surface area contributed by atoms with Crippen molar-refractivity contribution in [2.45, 2.75) is 18.6 Å². The fourth-order valence-electron chi connectivity index (χ4n) is 2.49. The van der Waals surface area contributed by atoms with Gasteiger partial charge in [0.25, 0.3) is 0 Å². The van der Waals surface area contributed by atoms with Crippen molar-refractivity contribution in [3.63, 3.8) is 0 Å². The molecule has 1 saturated heterocycles. The number of cyclic esters (lactones) is 1. The lowest BCUT2D eigenvalue weighted by Crippen LogP contribution is -2.33. The van der Waals surface area contributed by atoms with E-state index in [0.717, 1.165) is 11.1 Å². The van der Waals surface area contributed by atoms with Gasteiger partial charge in [-0.15, -0.1) is 0 Å². The molecule has 0 amide bonds. The van der Waals surface area contributed by atoms with Gasteiger partial charge in [0.05, 0.1) is 0 Å². The Morgan fingerprint density at radius 2 is 1.52 bits per heavy atom. The van der Waals surface area contributed by atoms with E-state index in [2.05, 4.69) is 0 Å². The van der Waals surface area contributed by atoms with Gasteiger partial charge in [0, 0.05) is 5.56 Å². The van der Waals surface area contributed by atoms with E-state index >= 15 is 0 Å². The first-order chi connectivity index (χ1) is 10.0. The van der Waals surface area contributed by atoms with E-state index in [9.17, 15) is 14.7 Å². The predicted molar refractivity (Wildman–Crippen MR) is 76.3 cm³/mol. The zero-order chi connectivity index (χ0) is 15.0. The summed E-state index contributed by atoms with van der Waals surface area (Å²) in [6, 6.07) is 17.0. The monoisotopic (exact) mass is 282 g/mol. The second-order valence-electron chi connectivity index (χ2n) is 5.16. The number of aliphatic hydroxyl groups is 1. The molecule has 3 rings (SSSR count). The largest absolute Gasteiger partial charge is 0.444 e. The van der Waals surface area contributed by atoms with Gasteiger partial charge in [-0.25, -0.2) is 4.79 Å². The molecule has 1 heterocycles. The average molecular weight is 282 g/mol. The number of ketones is 1. The van der Waals surface area contributed by atoms with Gasteiger partial charge in [-0.1, -0.05) is 54.6 Å². The van der Waals surface area contributed by atoms with E-state index < -0.39 is 23.5 Å². The number of esters is 1. The minimum atomic E-state index is -1.69. The summed E-state index contributed by atoms with van der Waals surface area (Å²) in [6.07, 6.45) is -1.69. The molecular weight excluding hydrogens is 268 g/mol. The zero-order valence-electron chi connectivity index (χ0n) is 11.4. The standard InChI is InChI=1S/C17H14O4/c1-17(15(19)14(18)16(20)21-17)13-9-7-12(8-10-13)11-5-3-2-4-6-11/h2-10,14,18H,1H3/t14?,17-/m0/s1. The van der Waals surface area contributed by atoms with Gasteiger partial charge in [0.1, 0.15) is 0 Å². The number of hydrogen-bond donors (Lipinski definition) is 1. The molecular formula is C17H14O4. The molecule has 1 fully saturated rings. The van der Waals surface area contributed by atoms with Gasteiger partial charge in [-0.2, -0.15) is 0 Å². The number of carbonyl (C=O) groups is 2. The van der Waals surface area contributed by atoms with Crippen LogP contribution < -0.4 is 0 Å². The van der Waals surface area contributed by atoms with E-state index in [0.29, 0.717) is 5.56 Å². The Labute approximate surface area is 122 Å². The quantitative estimate of drug-likeness (QED) is 0.676. The molecule has 0 aromatic heterocycles. The van der Waals surface area contributed by atoms with Crippen molar-refractivity contribution < 1.29 is 19.4 Å². The molecule has 0 bridgehead atoms. The Morgan fingerprint density at radius 1 is 0.952 bits per heavy atom. The summed E-state index contributed by atoms with van der Waals surface area (Å²) in [5.74, 6) is -1.52. The highest BCUT2D eigenvalue weighted by Gasteiger charge is 2.52. The van der Waals surface area contributed by atoms with Crippen LogP contribution >= 0.6 is 0 Å². The minimum absolute atomic E-state index is 0.553. The third-order valence-electron chi connectivity index (χ3n) is 3.79. The van der Waals surface area contributed by atoms with Gasteiger partial charge in [0.2, 0.25) is 11.9 Å². The number of Topliss-reactive ketones (excluding diaryl/α,β-unsaturated/α-hetero) is 1. The Balaban J connectivity index is 1.95. The van der Waals surface area contributed by atoms with Crippen molar-refractivity contribution >= 4 is 11.8 Å². The molecule has 4 nitrogen and oxygen atoms in total. The molecule has 0 saturated carbocycles. The van der Waals surface area contributed by atoms with Gasteiger partial charge >= 0.3 is 5.97 Å². The zero-order valence-corrected chi connectivity index (χ0v) is 11.4. The van der Waals surface area contributed by atoms with Crippen molar-refractivity contribution in [1.82, 2.24) is 0 Å². The lowest BCUT2D eigenvalue weighted by atomic mass is 9.89. The van der Waals surface area contributed by atoms with Crippen LogP contribution in [0, 0.1) is 0 Å². The molecule has 2 aromatic carbocycles. The van der Waals surface area contributed by atoms with Gasteiger partial charge in [0.15, 0.2) is 5.60 Å². The van der Waals surface area contributed by atoms with Crippen molar-refractivity contribution in [3.8, 4) is 11.1 Å². The average Bonchev–Trinajstić information content (AvgIpc) is 2.73. The van der Waals surface area contributed by atoms with Crippen LogP contribution in [0.15, 0.2) is 54.6 Å². The molecule has 106 valence electrons. The van der Waals surface area contributed by atoms with Crippen molar-refractivity contribution in [1.29, 1.82) is 0 Å². The molecule has 0 radical (unpaired) electrons. The Kier molecular flexibility index (Phi) is 3.11. The van der Waals surface area contributed by atoms with Crippen LogP contribution in [0.5, 0.6) is 0 Å². The second-order valence-corrected chi connectivity index (χ2v) is 5.16. The first kappa shape index (κ1) is 13.5. The number of rotatable bonds is 2. The lowest BCUT2D eigenvalue weighted by Gasteiger charge is -2.21. The molecule has 4 heteroatoms. The Bertz CT molecular complexity index is 690. The lowest BCUT2D eigenvalue weighted by molar-refractivity contribution is -0.153. The fraction of sp³-hybridized carbons (Fsp3) is 0.176. The van der Waals surface area contributed by atoms with Crippen LogP contribution in [0.4, 0.5) is 0 Å². The van der Waals surface area contributed by atoms with Crippen LogP contribution in [0.25, 0.3) is 11.1 Å². The Morgan fingerprint density at radius 3 is 2.05 bits per heavy atom. The summed E-state index contributed by atoms with van der Waals surface area (Å²) in [5, 5.41) is 9.47. The first-order valence-electron chi connectivity index (χ1n) is 6.63. The number of carbonyl (C=O) groups excluding carboxylic acids is 2. The molecule has 0 aliphatic carbocycles. The maximum Gasteiger partial charge on any atom is 0.344 e. The van der Waals surface area contributed by atoms with Crippen LogP contribution in [-0.2, 0) is 19.9 Å². The molecule has 1 unspecified atom stereocenters. The van der Waals surface area contributed by atoms with Crippen LogP contribution in [0.2, 0.25) is 0 Å². The maximum absolute atomic E-state index is 12.0. The van der Waals surface area contributed by atoms with Gasteiger partial charge < -0.3 is 9.84 Å². The summed E-state index contributed by atoms with van der Waals surface area (Å²) in [5.41, 5.74) is 1.20. The maximum atomic E-state index is 12.0. The summed E-state index contributed by atoms with van der Waals surface area (Å²) >= 11 is 0. The molecule has 2 atom stereocenters. The fourth-order valence-corrected chi connectivity index (χ4v) is 2.49. The predicted octanol–water partition coefficient (Wildman–Crippen LogP) is 2.06. The number of hydrogen-bond acceptors (Lipinski definition) is 4. The van der Waals surface area contributed by atoms with Crippen molar-refractivity contribution in [2.75, 3.05) is 0 Å². The molecule has 2 aromatic rings. The minimum Gasteiger partial charge on any atom is -0.444 e. The highest BCUT2D eigenvalue weighted by Crippen LogP contribution is 2.34. The van der Waals surface area contributed by atoms with E-state index in [1.165, 1.54) is 6.92 Å². The highest BCUT2D eigenvalue weighted by atomic mass is 16.6. The van der Waals surface area contributed by atoms with Gasteiger partial charge in [-0.3, -0.25) is 4.79 Å². The van der Waals surface area contributed by atoms with E-state index in [1.807, 2.05) is 42.5 Å². The smallest absolute Gasteiger partial charge is 0.344 e. The highest BCUT2D eigenvalue weighted by molar-refractivity contribution is 6.11. The third kappa shape index (κ3) is 2.14.